The molecule has 7 heteroatoms. The highest BCUT2D eigenvalue weighted by Gasteiger charge is 2.18. The number of hydrogen-bond donors (Lipinski definition) is 0. The molecule has 0 bridgehead atoms. The highest BCUT2D eigenvalue weighted by molar-refractivity contribution is 6.32. The van der Waals surface area contributed by atoms with E-state index in [0.717, 1.165) is 5.56 Å². The molecule has 0 radical (unpaired) electrons. The number of para-hydroxylation sites is 1. The molecule has 0 unspecified atom stereocenters. The summed E-state index contributed by atoms with van der Waals surface area (Å²) in [4.78, 5) is 10.8. The van der Waals surface area contributed by atoms with Crippen LogP contribution in [0, 0.1) is 17.0 Å². The lowest BCUT2D eigenvalue weighted by Gasteiger charge is -2.02. The van der Waals surface area contributed by atoms with Gasteiger partial charge in [0.15, 0.2) is 0 Å². The average Bonchev–Trinajstić information content (AvgIpc) is 2.97. The molecule has 6 nitrogen and oxygen atoms in total. The largest absolute Gasteiger partial charge is 0.279 e. The smallest absolute Gasteiger partial charge is 0.258 e. The molecular formula is C15H11ClN4O2. The summed E-state index contributed by atoms with van der Waals surface area (Å²) < 4.78 is 1.50. The van der Waals surface area contributed by atoms with Crippen LogP contribution < -0.4 is 0 Å². The van der Waals surface area contributed by atoms with Gasteiger partial charge in [-0.15, -0.1) is 5.10 Å². The second-order valence-electron chi connectivity index (χ2n) is 4.78. The Balaban J connectivity index is 2.09. The molecule has 0 N–H and O–H groups in total. The summed E-state index contributed by atoms with van der Waals surface area (Å²) in [6, 6.07) is 12.2. The van der Waals surface area contributed by atoms with Crippen LogP contribution in [-0.2, 0) is 0 Å². The number of benzene rings is 2. The van der Waals surface area contributed by atoms with Crippen LogP contribution in [0.4, 0.5) is 5.69 Å². The van der Waals surface area contributed by atoms with Crippen LogP contribution in [-0.4, -0.2) is 19.9 Å². The second-order valence-corrected chi connectivity index (χ2v) is 5.18. The first-order valence-corrected chi connectivity index (χ1v) is 6.87. The van der Waals surface area contributed by atoms with Gasteiger partial charge in [0.2, 0.25) is 0 Å². The first-order valence-electron chi connectivity index (χ1n) is 6.49. The van der Waals surface area contributed by atoms with Crippen molar-refractivity contribution in [2.45, 2.75) is 6.92 Å². The monoisotopic (exact) mass is 314 g/mol. The first kappa shape index (κ1) is 14.2. The molecule has 110 valence electrons. The Bertz CT molecular complexity index is 860. The highest BCUT2D eigenvalue weighted by atomic mass is 35.5. The molecule has 3 rings (SSSR count). The van der Waals surface area contributed by atoms with E-state index in [1.54, 1.807) is 37.4 Å². The maximum absolute atomic E-state index is 11.2. The third kappa shape index (κ3) is 2.56. The van der Waals surface area contributed by atoms with Gasteiger partial charge in [0, 0.05) is 6.07 Å². The van der Waals surface area contributed by atoms with Crippen LogP contribution >= 0.6 is 11.6 Å². The van der Waals surface area contributed by atoms with Gasteiger partial charge in [0.25, 0.3) is 5.69 Å². The number of nitro benzene ring substituents is 1. The second kappa shape index (κ2) is 5.57. The molecule has 1 aromatic heterocycles. The Labute approximate surface area is 131 Å². The third-order valence-electron chi connectivity index (χ3n) is 3.22. The van der Waals surface area contributed by atoms with E-state index in [1.165, 1.54) is 10.7 Å². The van der Waals surface area contributed by atoms with Gasteiger partial charge in [-0.2, -0.15) is 0 Å². The zero-order valence-electron chi connectivity index (χ0n) is 11.6. The van der Waals surface area contributed by atoms with Gasteiger partial charge in [-0.3, -0.25) is 10.1 Å². The normalized spacial score (nSPS) is 10.6. The van der Waals surface area contributed by atoms with Crippen molar-refractivity contribution in [1.29, 1.82) is 0 Å². The standard InChI is InChI=1S/C15H11ClN4O2/c1-10-6-7-11(15(8-10)20(21)22)13-9-19(18-17-13)14-5-3-2-4-12(14)16/h2-9H,1H3. The van der Waals surface area contributed by atoms with Crippen LogP contribution in [0.3, 0.4) is 0 Å². The Morgan fingerprint density at radius 2 is 2.00 bits per heavy atom. The molecule has 0 atom stereocenters. The highest BCUT2D eigenvalue weighted by Crippen LogP contribution is 2.30. The number of nitro groups is 1. The summed E-state index contributed by atoms with van der Waals surface area (Å²) in [7, 11) is 0. The zero-order valence-corrected chi connectivity index (χ0v) is 12.4. The number of aryl methyl sites for hydroxylation is 1. The fourth-order valence-electron chi connectivity index (χ4n) is 2.15. The third-order valence-corrected chi connectivity index (χ3v) is 3.54. The number of aromatic nitrogens is 3. The van der Waals surface area contributed by atoms with Crippen molar-refractivity contribution >= 4 is 17.3 Å². The minimum atomic E-state index is -0.420. The molecule has 0 aliphatic heterocycles. The molecule has 0 saturated heterocycles. The fraction of sp³-hybridized carbons (Fsp3) is 0.0667. The van der Waals surface area contributed by atoms with Gasteiger partial charge in [0.1, 0.15) is 5.69 Å². The van der Waals surface area contributed by atoms with Crippen molar-refractivity contribution in [3.05, 3.63) is 69.4 Å². The number of nitrogens with zero attached hydrogens (tertiary/aromatic N) is 4. The van der Waals surface area contributed by atoms with E-state index >= 15 is 0 Å². The van der Waals surface area contributed by atoms with E-state index < -0.39 is 4.92 Å². The summed E-state index contributed by atoms with van der Waals surface area (Å²) in [6.07, 6.45) is 1.62. The molecule has 1 heterocycles. The summed E-state index contributed by atoms with van der Waals surface area (Å²) >= 11 is 6.12. The van der Waals surface area contributed by atoms with E-state index in [1.807, 2.05) is 12.1 Å². The van der Waals surface area contributed by atoms with Gasteiger partial charge in [-0.1, -0.05) is 35.0 Å². The first-order chi connectivity index (χ1) is 10.6. The Hall–Kier alpha value is -2.73. The van der Waals surface area contributed by atoms with Crippen LogP contribution in [0.5, 0.6) is 0 Å². The van der Waals surface area contributed by atoms with Crippen LogP contribution in [0.15, 0.2) is 48.7 Å². The van der Waals surface area contributed by atoms with Crippen molar-refractivity contribution in [2.75, 3.05) is 0 Å². The summed E-state index contributed by atoms with van der Waals surface area (Å²) in [5.74, 6) is 0. The quantitative estimate of drug-likeness (QED) is 0.544. The average molecular weight is 315 g/mol. The van der Waals surface area contributed by atoms with Gasteiger partial charge in [-0.25, -0.2) is 4.68 Å². The lowest BCUT2D eigenvalue weighted by Crippen LogP contribution is -1.95. The topological polar surface area (TPSA) is 73.8 Å². The Morgan fingerprint density at radius 3 is 2.73 bits per heavy atom. The molecule has 0 amide bonds. The molecule has 22 heavy (non-hydrogen) atoms. The molecule has 3 aromatic rings. The lowest BCUT2D eigenvalue weighted by atomic mass is 10.1. The number of hydrogen-bond acceptors (Lipinski definition) is 4. The van der Waals surface area contributed by atoms with Crippen LogP contribution in [0.2, 0.25) is 5.02 Å². The Kier molecular flexibility index (Phi) is 3.60. The summed E-state index contributed by atoms with van der Waals surface area (Å²) in [5, 5.41) is 19.8. The number of halogens is 1. The summed E-state index contributed by atoms with van der Waals surface area (Å²) in [5.41, 5.74) is 2.33. The van der Waals surface area contributed by atoms with Gasteiger partial charge in [-0.05, 0) is 30.7 Å². The van der Waals surface area contributed by atoms with Crippen molar-refractivity contribution in [3.8, 4) is 16.9 Å². The molecule has 0 aliphatic rings. The molecule has 0 spiro atoms. The van der Waals surface area contributed by atoms with E-state index in [2.05, 4.69) is 10.3 Å². The van der Waals surface area contributed by atoms with E-state index in [4.69, 9.17) is 11.6 Å². The predicted octanol–water partition coefficient (Wildman–Crippen LogP) is 3.80. The molecular weight excluding hydrogens is 304 g/mol. The van der Waals surface area contributed by atoms with E-state index in [9.17, 15) is 10.1 Å². The minimum Gasteiger partial charge on any atom is -0.258 e. The van der Waals surface area contributed by atoms with Gasteiger partial charge in [0.05, 0.1) is 27.4 Å². The number of rotatable bonds is 3. The van der Waals surface area contributed by atoms with Crippen molar-refractivity contribution < 1.29 is 4.92 Å². The fourth-order valence-corrected chi connectivity index (χ4v) is 2.37. The van der Waals surface area contributed by atoms with Crippen molar-refractivity contribution in [1.82, 2.24) is 15.0 Å². The van der Waals surface area contributed by atoms with Crippen LogP contribution in [0.25, 0.3) is 16.9 Å². The Morgan fingerprint density at radius 1 is 1.23 bits per heavy atom. The summed E-state index contributed by atoms with van der Waals surface area (Å²) in [6.45, 7) is 1.80. The van der Waals surface area contributed by atoms with Gasteiger partial charge >= 0.3 is 0 Å². The van der Waals surface area contributed by atoms with E-state index in [-0.39, 0.29) is 5.69 Å². The maximum atomic E-state index is 11.2. The lowest BCUT2D eigenvalue weighted by molar-refractivity contribution is -0.384. The van der Waals surface area contributed by atoms with Crippen molar-refractivity contribution in [2.24, 2.45) is 0 Å². The van der Waals surface area contributed by atoms with Gasteiger partial charge < -0.3 is 0 Å². The predicted molar refractivity (Wildman–Crippen MR) is 83.2 cm³/mol. The SMILES string of the molecule is Cc1ccc(-c2cn(-c3ccccc3Cl)nn2)c([N+](=O)[O-])c1. The van der Waals surface area contributed by atoms with E-state index in [0.29, 0.717) is 22.0 Å². The maximum Gasteiger partial charge on any atom is 0.279 e. The minimum absolute atomic E-state index is 0.00575. The van der Waals surface area contributed by atoms with Crippen molar-refractivity contribution in [3.63, 3.8) is 0 Å². The molecule has 0 fully saturated rings. The molecule has 0 aliphatic carbocycles. The zero-order chi connectivity index (χ0) is 15.7. The molecule has 2 aromatic carbocycles. The molecule has 0 saturated carbocycles. The van der Waals surface area contributed by atoms with Crippen LogP contribution in [0.1, 0.15) is 5.56 Å².